The van der Waals surface area contributed by atoms with Crippen LogP contribution in [0.3, 0.4) is 0 Å². The van der Waals surface area contributed by atoms with Gasteiger partial charge in [-0.15, -0.1) is 10.2 Å². The van der Waals surface area contributed by atoms with Gasteiger partial charge in [-0.2, -0.15) is 5.10 Å². The zero-order valence-electron chi connectivity index (χ0n) is 16.1. The predicted octanol–water partition coefficient (Wildman–Crippen LogP) is 2.93. The van der Waals surface area contributed by atoms with Crippen LogP contribution in [0, 0.1) is 0 Å². The van der Waals surface area contributed by atoms with Gasteiger partial charge >= 0.3 is 6.09 Å². The molecule has 0 bridgehead atoms. The van der Waals surface area contributed by atoms with E-state index in [1.807, 2.05) is 34.6 Å². The maximum Gasteiger partial charge on any atom is 0.410 e. The molecule has 0 spiro atoms. The summed E-state index contributed by atoms with van der Waals surface area (Å²) in [6, 6.07) is 0. The Balaban J connectivity index is 1.73. The molecule has 2 N–H and O–H groups in total. The van der Waals surface area contributed by atoms with E-state index in [1.165, 1.54) is 11.3 Å². The summed E-state index contributed by atoms with van der Waals surface area (Å²) in [5.41, 5.74) is 1.26. The van der Waals surface area contributed by atoms with Crippen LogP contribution in [-0.4, -0.2) is 49.4 Å². The van der Waals surface area contributed by atoms with Crippen LogP contribution in [0.25, 0.3) is 0 Å². The Morgan fingerprint density at radius 2 is 2.04 bits per heavy atom. The van der Waals surface area contributed by atoms with Crippen molar-refractivity contribution in [1.82, 2.24) is 25.3 Å². The quantitative estimate of drug-likeness (QED) is 0.830. The summed E-state index contributed by atoms with van der Waals surface area (Å²) in [6.07, 6.45) is 0.192. The van der Waals surface area contributed by atoms with Gasteiger partial charge in [0.15, 0.2) is 5.69 Å². The van der Waals surface area contributed by atoms with E-state index in [1.54, 1.807) is 4.90 Å². The second-order valence-corrected chi connectivity index (χ2v) is 8.74. The topological polar surface area (TPSA) is 113 Å². The van der Waals surface area contributed by atoms with Crippen LogP contribution < -0.4 is 5.32 Å². The minimum atomic E-state index is -0.570. The Bertz CT molecular complexity index is 851. The first-order valence-electron chi connectivity index (χ1n) is 8.83. The van der Waals surface area contributed by atoms with E-state index in [9.17, 15) is 9.59 Å². The summed E-state index contributed by atoms with van der Waals surface area (Å²) >= 11 is 1.34. The van der Waals surface area contributed by atoms with Crippen molar-refractivity contribution in [1.29, 1.82) is 0 Å². The Hall–Kier alpha value is -2.49. The highest BCUT2D eigenvalue weighted by Gasteiger charge is 2.30. The SMILES string of the molecule is CC(C)c1nnc(NC(=O)c2n[nH]c3c2CN(C(=O)OC(C)(C)C)CC3)s1. The van der Waals surface area contributed by atoms with Gasteiger partial charge in [0.1, 0.15) is 10.6 Å². The molecule has 0 atom stereocenters. The lowest BCUT2D eigenvalue weighted by atomic mass is 10.1. The van der Waals surface area contributed by atoms with Crippen LogP contribution in [0.2, 0.25) is 0 Å². The fourth-order valence-corrected chi connectivity index (χ4v) is 3.38. The van der Waals surface area contributed by atoms with Crippen molar-refractivity contribution < 1.29 is 14.3 Å². The fraction of sp³-hybridized carbons (Fsp3) is 0.588. The van der Waals surface area contributed by atoms with Gasteiger partial charge in [-0.3, -0.25) is 15.2 Å². The number of nitrogens with zero attached hydrogens (tertiary/aromatic N) is 4. The van der Waals surface area contributed by atoms with E-state index >= 15 is 0 Å². The highest BCUT2D eigenvalue weighted by Crippen LogP contribution is 2.25. The number of fused-ring (bicyclic) bond motifs is 1. The number of aromatic nitrogens is 4. The largest absolute Gasteiger partial charge is 0.444 e. The normalized spacial score (nSPS) is 14.2. The van der Waals surface area contributed by atoms with Gasteiger partial charge in [0.2, 0.25) is 5.13 Å². The third-order valence-electron chi connectivity index (χ3n) is 3.96. The molecular formula is C17H24N6O3S. The number of rotatable bonds is 3. The molecule has 9 nitrogen and oxygen atoms in total. The highest BCUT2D eigenvalue weighted by molar-refractivity contribution is 7.15. The average molecular weight is 392 g/mol. The first-order chi connectivity index (χ1) is 12.6. The van der Waals surface area contributed by atoms with Crippen molar-refractivity contribution in [3.63, 3.8) is 0 Å². The predicted molar refractivity (Wildman–Crippen MR) is 101 cm³/mol. The number of aromatic amines is 1. The van der Waals surface area contributed by atoms with Gasteiger partial charge in [-0.25, -0.2) is 4.79 Å². The van der Waals surface area contributed by atoms with E-state index in [-0.39, 0.29) is 24.1 Å². The maximum atomic E-state index is 12.6. The number of H-pyrrole nitrogens is 1. The van der Waals surface area contributed by atoms with E-state index in [0.29, 0.717) is 23.7 Å². The number of anilines is 1. The van der Waals surface area contributed by atoms with Crippen molar-refractivity contribution in [3.05, 3.63) is 22.0 Å². The molecule has 2 aromatic heterocycles. The lowest BCUT2D eigenvalue weighted by molar-refractivity contribution is 0.0222. The minimum Gasteiger partial charge on any atom is -0.444 e. The molecule has 2 aromatic rings. The molecule has 3 heterocycles. The molecular weight excluding hydrogens is 368 g/mol. The molecule has 0 saturated heterocycles. The van der Waals surface area contributed by atoms with Crippen LogP contribution in [0.1, 0.15) is 67.3 Å². The van der Waals surface area contributed by atoms with Crippen molar-refractivity contribution >= 4 is 28.5 Å². The zero-order chi connectivity index (χ0) is 19.8. The van der Waals surface area contributed by atoms with Crippen LogP contribution in [0.4, 0.5) is 9.93 Å². The first-order valence-corrected chi connectivity index (χ1v) is 9.64. The lowest BCUT2D eigenvalue weighted by Gasteiger charge is -2.30. The van der Waals surface area contributed by atoms with Crippen molar-refractivity contribution in [3.8, 4) is 0 Å². The summed E-state index contributed by atoms with van der Waals surface area (Å²) in [5.74, 6) is -0.126. The third kappa shape index (κ3) is 4.44. The number of carbonyl (C=O) groups is 2. The summed E-state index contributed by atoms with van der Waals surface area (Å²) in [6.45, 7) is 10.3. The second-order valence-electron chi connectivity index (χ2n) is 7.74. The number of ether oxygens (including phenoxy) is 1. The molecule has 2 amide bonds. The standard InChI is InChI=1S/C17H24N6O3S/c1-9(2)14-21-22-15(27-14)18-13(24)12-10-8-23(7-6-11(10)19-20-12)16(25)26-17(3,4)5/h9H,6-8H2,1-5H3,(H,19,20)(H,18,22,24). The molecule has 0 fully saturated rings. The third-order valence-corrected chi connectivity index (χ3v) is 5.09. The number of nitrogens with one attached hydrogen (secondary N) is 2. The Morgan fingerprint density at radius 3 is 2.67 bits per heavy atom. The van der Waals surface area contributed by atoms with Crippen LogP contribution in [0.15, 0.2) is 0 Å². The molecule has 0 aromatic carbocycles. The molecule has 0 aliphatic carbocycles. The van der Waals surface area contributed by atoms with E-state index < -0.39 is 11.7 Å². The Labute approximate surface area is 161 Å². The highest BCUT2D eigenvalue weighted by atomic mass is 32.1. The summed E-state index contributed by atoms with van der Waals surface area (Å²) < 4.78 is 5.43. The second kappa shape index (κ2) is 7.26. The van der Waals surface area contributed by atoms with Crippen LogP contribution in [-0.2, 0) is 17.7 Å². The number of carbonyl (C=O) groups excluding carboxylic acids is 2. The molecule has 10 heteroatoms. The molecule has 0 radical (unpaired) electrons. The van der Waals surface area contributed by atoms with Crippen molar-refractivity contribution in [2.45, 2.75) is 59.1 Å². The van der Waals surface area contributed by atoms with Crippen LogP contribution >= 0.6 is 11.3 Å². The molecule has 146 valence electrons. The number of hydrogen-bond acceptors (Lipinski definition) is 7. The van der Waals surface area contributed by atoms with E-state index in [4.69, 9.17) is 4.74 Å². The van der Waals surface area contributed by atoms with Crippen LogP contribution in [0.5, 0.6) is 0 Å². The Kier molecular flexibility index (Phi) is 5.18. The van der Waals surface area contributed by atoms with Gasteiger partial charge in [0.25, 0.3) is 5.91 Å². The minimum absolute atomic E-state index is 0.244. The summed E-state index contributed by atoms with van der Waals surface area (Å²) in [5, 5.41) is 19.1. The van der Waals surface area contributed by atoms with Crippen molar-refractivity contribution in [2.24, 2.45) is 0 Å². The molecule has 0 unspecified atom stereocenters. The molecule has 27 heavy (non-hydrogen) atoms. The summed E-state index contributed by atoms with van der Waals surface area (Å²) in [4.78, 5) is 26.6. The van der Waals surface area contributed by atoms with E-state index in [2.05, 4.69) is 25.7 Å². The zero-order valence-corrected chi connectivity index (χ0v) is 16.9. The fourth-order valence-electron chi connectivity index (χ4n) is 2.64. The monoisotopic (exact) mass is 392 g/mol. The number of hydrogen-bond donors (Lipinski definition) is 2. The smallest absolute Gasteiger partial charge is 0.410 e. The van der Waals surface area contributed by atoms with Gasteiger partial charge in [0.05, 0.1) is 6.54 Å². The van der Waals surface area contributed by atoms with Gasteiger partial charge in [0, 0.05) is 30.1 Å². The van der Waals surface area contributed by atoms with Gasteiger partial charge in [-0.05, 0) is 20.8 Å². The van der Waals surface area contributed by atoms with E-state index in [0.717, 1.165) is 10.7 Å². The molecule has 1 aliphatic heterocycles. The Morgan fingerprint density at radius 1 is 1.30 bits per heavy atom. The lowest BCUT2D eigenvalue weighted by Crippen LogP contribution is -2.40. The first kappa shape index (κ1) is 19.3. The summed E-state index contributed by atoms with van der Waals surface area (Å²) in [7, 11) is 0. The molecule has 3 rings (SSSR count). The molecule has 0 saturated carbocycles. The molecule has 1 aliphatic rings. The van der Waals surface area contributed by atoms with Gasteiger partial charge < -0.3 is 9.64 Å². The van der Waals surface area contributed by atoms with Crippen molar-refractivity contribution in [2.75, 3.05) is 11.9 Å². The average Bonchev–Trinajstić information content (AvgIpc) is 3.19. The maximum absolute atomic E-state index is 12.6. The number of amides is 2. The van der Waals surface area contributed by atoms with Gasteiger partial charge in [-0.1, -0.05) is 25.2 Å².